The molecule has 1 aliphatic heterocycles. The monoisotopic (exact) mass is 285 g/mol. The van der Waals surface area contributed by atoms with E-state index in [1.165, 1.54) is 11.3 Å². The number of para-hydroxylation sites is 1. The van der Waals surface area contributed by atoms with Crippen molar-refractivity contribution in [1.29, 1.82) is 0 Å². The van der Waals surface area contributed by atoms with Crippen LogP contribution in [0.5, 0.6) is 0 Å². The third-order valence-corrected chi connectivity index (χ3v) is 3.71. The van der Waals surface area contributed by atoms with Crippen LogP contribution in [0.4, 0.5) is 11.5 Å². The van der Waals surface area contributed by atoms with E-state index in [1.807, 2.05) is 0 Å². The Balaban J connectivity index is 1.57. The van der Waals surface area contributed by atoms with Crippen molar-refractivity contribution in [3.63, 3.8) is 0 Å². The molecule has 1 N–H and O–H groups in total. The van der Waals surface area contributed by atoms with E-state index < -0.39 is 0 Å². The minimum atomic E-state index is -0.0358. The molecular weight excluding hydrogens is 266 g/mol. The number of aromatic nitrogens is 1. The number of aryl methyl sites for hydroxylation is 2. The predicted molar refractivity (Wildman–Crippen MR) is 81.5 cm³/mol. The topological polar surface area (TPSA) is 58.4 Å². The Morgan fingerprint density at radius 1 is 1.43 bits per heavy atom. The summed E-state index contributed by atoms with van der Waals surface area (Å²) in [7, 11) is 0. The Kier molecular flexibility index (Phi) is 3.90. The highest BCUT2D eigenvalue weighted by atomic mass is 16.5. The van der Waals surface area contributed by atoms with Gasteiger partial charge in [-0.05, 0) is 31.4 Å². The minimum absolute atomic E-state index is 0.0358. The summed E-state index contributed by atoms with van der Waals surface area (Å²) in [5.74, 6) is 1.14. The Morgan fingerprint density at radius 3 is 3.10 bits per heavy atom. The lowest BCUT2D eigenvalue weighted by atomic mass is 10.0. The number of carbonyl (C=O) groups excluding carboxylic acids is 1. The van der Waals surface area contributed by atoms with E-state index >= 15 is 0 Å². The molecule has 0 spiro atoms. The molecule has 0 radical (unpaired) electrons. The van der Waals surface area contributed by atoms with Gasteiger partial charge in [0.1, 0.15) is 5.76 Å². The zero-order valence-electron chi connectivity index (χ0n) is 12.1. The molecule has 0 saturated heterocycles. The van der Waals surface area contributed by atoms with Crippen molar-refractivity contribution in [2.75, 3.05) is 23.3 Å². The highest BCUT2D eigenvalue weighted by Gasteiger charge is 2.17. The molecule has 2 heterocycles. The van der Waals surface area contributed by atoms with Crippen LogP contribution in [0.2, 0.25) is 0 Å². The molecule has 0 atom stereocenters. The summed E-state index contributed by atoms with van der Waals surface area (Å²) in [6.07, 6.45) is 2.71. The second-order valence-corrected chi connectivity index (χ2v) is 5.34. The molecule has 0 unspecified atom stereocenters. The lowest BCUT2D eigenvalue weighted by molar-refractivity contribution is -0.116. The molecule has 0 saturated carbocycles. The molecule has 0 fully saturated rings. The average molecular weight is 285 g/mol. The van der Waals surface area contributed by atoms with Crippen LogP contribution in [0, 0.1) is 6.92 Å². The maximum atomic E-state index is 12.0. The van der Waals surface area contributed by atoms with Gasteiger partial charge in [-0.15, -0.1) is 0 Å². The third-order valence-electron chi connectivity index (χ3n) is 3.71. The van der Waals surface area contributed by atoms with Crippen molar-refractivity contribution in [3.05, 3.63) is 41.7 Å². The van der Waals surface area contributed by atoms with Crippen LogP contribution in [0.3, 0.4) is 0 Å². The number of rotatable bonds is 4. The van der Waals surface area contributed by atoms with Crippen molar-refractivity contribution in [2.45, 2.75) is 26.2 Å². The van der Waals surface area contributed by atoms with E-state index in [0.29, 0.717) is 18.0 Å². The number of hydrogen-bond acceptors (Lipinski definition) is 4. The molecule has 1 aromatic heterocycles. The first kappa shape index (κ1) is 13.7. The van der Waals surface area contributed by atoms with Gasteiger partial charge in [-0.3, -0.25) is 4.79 Å². The van der Waals surface area contributed by atoms with E-state index in [4.69, 9.17) is 4.52 Å². The fourth-order valence-corrected chi connectivity index (χ4v) is 2.71. The van der Waals surface area contributed by atoms with Gasteiger partial charge >= 0.3 is 0 Å². The van der Waals surface area contributed by atoms with E-state index in [1.54, 1.807) is 13.0 Å². The fourth-order valence-electron chi connectivity index (χ4n) is 2.71. The first-order valence-electron chi connectivity index (χ1n) is 7.28. The van der Waals surface area contributed by atoms with Gasteiger partial charge in [0, 0.05) is 31.3 Å². The van der Waals surface area contributed by atoms with Gasteiger partial charge in [-0.1, -0.05) is 23.4 Å². The van der Waals surface area contributed by atoms with Crippen LogP contribution in [-0.2, 0) is 11.2 Å². The SMILES string of the molecule is Cc1cc(NC(=O)CCN2CCCc3ccccc32)no1. The smallest absolute Gasteiger partial charge is 0.227 e. The number of anilines is 2. The van der Waals surface area contributed by atoms with Gasteiger partial charge in [0.05, 0.1) is 0 Å². The van der Waals surface area contributed by atoms with Crippen LogP contribution in [0.1, 0.15) is 24.2 Å². The first-order valence-corrected chi connectivity index (χ1v) is 7.28. The molecule has 5 nitrogen and oxygen atoms in total. The van der Waals surface area contributed by atoms with Gasteiger partial charge in [0.15, 0.2) is 5.82 Å². The highest BCUT2D eigenvalue weighted by molar-refractivity contribution is 5.90. The van der Waals surface area contributed by atoms with Crippen molar-refractivity contribution in [1.82, 2.24) is 5.16 Å². The van der Waals surface area contributed by atoms with E-state index in [-0.39, 0.29) is 5.91 Å². The molecule has 110 valence electrons. The largest absolute Gasteiger partial charge is 0.371 e. The maximum absolute atomic E-state index is 12.0. The van der Waals surface area contributed by atoms with Crippen LogP contribution < -0.4 is 10.2 Å². The molecular formula is C16H19N3O2. The molecule has 3 rings (SSSR count). The van der Waals surface area contributed by atoms with Gasteiger partial charge < -0.3 is 14.7 Å². The average Bonchev–Trinajstić information content (AvgIpc) is 2.90. The zero-order valence-corrected chi connectivity index (χ0v) is 12.1. The lowest BCUT2D eigenvalue weighted by Crippen LogP contribution is -2.32. The summed E-state index contributed by atoms with van der Waals surface area (Å²) in [6, 6.07) is 10.1. The van der Waals surface area contributed by atoms with Crippen LogP contribution in [0.15, 0.2) is 34.9 Å². The van der Waals surface area contributed by atoms with Gasteiger partial charge in [-0.2, -0.15) is 0 Å². The van der Waals surface area contributed by atoms with Crippen LogP contribution >= 0.6 is 0 Å². The van der Waals surface area contributed by atoms with Gasteiger partial charge in [-0.25, -0.2) is 0 Å². The predicted octanol–water partition coefficient (Wildman–Crippen LogP) is 2.76. The summed E-state index contributed by atoms with van der Waals surface area (Å²) < 4.78 is 4.93. The quantitative estimate of drug-likeness (QED) is 0.938. The van der Waals surface area contributed by atoms with Crippen molar-refractivity contribution < 1.29 is 9.32 Å². The Labute approximate surface area is 123 Å². The Hall–Kier alpha value is -2.30. The second-order valence-electron chi connectivity index (χ2n) is 5.34. The minimum Gasteiger partial charge on any atom is -0.371 e. The second kappa shape index (κ2) is 5.99. The number of carbonyl (C=O) groups is 1. The summed E-state index contributed by atoms with van der Waals surface area (Å²) in [5, 5.41) is 6.52. The van der Waals surface area contributed by atoms with Crippen molar-refractivity contribution >= 4 is 17.4 Å². The third kappa shape index (κ3) is 3.24. The molecule has 1 aromatic carbocycles. The standard InChI is InChI=1S/C16H19N3O2/c1-12-11-15(18-21-12)17-16(20)8-10-19-9-4-6-13-5-2-3-7-14(13)19/h2-3,5,7,11H,4,6,8-10H2,1H3,(H,17,18,20). The summed E-state index contributed by atoms with van der Waals surface area (Å²) >= 11 is 0. The Bertz CT molecular complexity index is 636. The van der Waals surface area contributed by atoms with Crippen molar-refractivity contribution in [3.8, 4) is 0 Å². The van der Waals surface area contributed by atoms with Crippen molar-refractivity contribution in [2.24, 2.45) is 0 Å². The zero-order chi connectivity index (χ0) is 14.7. The number of amides is 1. The van der Waals surface area contributed by atoms with Crippen LogP contribution in [-0.4, -0.2) is 24.2 Å². The van der Waals surface area contributed by atoms with Crippen LogP contribution in [0.25, 0.3) is 0 Å². The summed E-state index contributed by atoms with van der Waals surface area (Å²) in [6.45, 7) is 3.53. The van der Waals surface area contributed by atoms with E-state index in [2.05, 4.69) is 39.6 Å². The summed E-state index contributed by atoms with van der Waals surface area (Å²) in [4.78, 5) is 14.2. The molecule has 1 amide bonds. The number of fused-ring (bicyclic) bond motifs is 1. The van der Waals surface area contributed by atoms with Gasteiger partial charge in [0.2, 0.25) is 5.91 Å². The van der Waals surface area contributed by atoms with E-state index in [9.17, 15) is 4.79 Å². The molecule has 0 bridgehead atoms. The molecule has 0 aliphatic carbocycles. The number of nitrogens with zero attached hydrogens (tertiary/aromatic N) is 2. The Morgan fingerprint density at radius 2 is 2.29 bits per heavy atom. The number of benzene rings is 1. The maximum Gasteiger partial charge on any atom is 0.227 e. The van der Waals surface area contributed by atoms with Gasteiger partial charge in [0.25, 0.3) is 0 Å². The van der Waals surface area contributed by atoms with E-state index in [0.717, 1.165) is 25.9 Å². The molecule has 1 aliphatic rings. The first-order chi connectivity index (χ1) is 10.2. The number of hydrogen-bond donors (Lipinski definition) is 1. The lowest BCUT2D eigenvalue weighted by Gasteiger charge is -2.31. The normalized spacial score (nSPS) is 13.9. The molecule has 21 heavy (non-hydrogen) atoms. The summed E-state index contributed by atoms with van der Waals surface area (Å²) in [5.41, 5.74) is 2.63. The molecule has 5 heteroatoms. The fraction of sp³-hybridized carbons (Fsp3) is 0.375. The molecule has 2 aromatic rings. The number of nitrogens with one attached hydrogen (secondary N) is 1. The highest BCUT2D eigenvalue weighted by Crippen LogP contribution is 2.26.